The summed E-state index contributed by atoms with van der Waals surface area (Å²) in [5.74, 6) is -0.440. The number of hydrogen-bond donors (Lipinski definition) is 1. The van der Waals surface area contributed by atoms with Crippen molar-refractivity contribution in [2.24, 2.45) is 0 Å². The average molecular weight is 543 g/mol. The number of hydrogen-bond acceptors (Lipinski definition) is 4. The van der Waals surface area contributed by atoms with Gasteiger partial charge in [0.25, 0.3) is 0 Å². The maximum atomic E-state index is 13.3. The van der Waals surface area contributed by atoms with E-state index in [1.165, 1.54) is 12.1 Å². The summed E-state index contributed by atoms with van der Waals surface area (Å²) in [7, 11) is -3.95. The molecule has 0 atom stereocenters. The molecule has 0 aliphatic carbocycles. The molecule has 0 fully saturated rings. The molecule has 0 saturated heterocycles. The number of halogens is 3. The number of nitrogens with one attached hydrogen (secondary N) is 1. The van der Waals surface area contributed by atoms with Crippen molar-refractivity contribution in [1.29, 1.82) is 0 Å². The summed E-state index contributed by atoms with van der Waals surface area (Å²) in [6.07, 6.45) is 3.27. The summed E-state index contributed by atoms with van der Waals surface area (Å²) in [5, 5.41) is 3.40. The van der Waals surface area contributed by atoms with E-state index in [1.54, 1.807) is 48.8 Å². The van der Waals surface area contributed by atoms with E-state index in [0.717, 1.165) is 14.3 Å². The summed E-state index contributed by atoms with van der Waals surface area (Å²) in [5.41, 5.74) is 1.41. The third-order valence-corrected chi connectivity index (χ3v) is 7.40. The van der Waals surface area contributed by atoms with Crippen molar-refractivity contribution in [3.05, 3.63) is 92.6 Å². The van der Waals surface area contributed by atoms with Crippen molar-refractivity contribution in [2.75, 3.05) is 6.54 Å². The van der Waals surface area contributed by atoms with Gasteiger partial charge in [-0.1, -0.05) is 51.3 Å². The Kier molecular flexibility index (Phi) is 8.07. The lowest BCUT2D eigenvalue weighted by molar-refractivity contribution is -0.121. The second kappa shape index (κ2) is 10.6. The molecule has 1 N–H and O–H groups in total. The first-order valence-corrected chi connectivity index (χ1v) is 12.1. The van der Waals surface area contributed by atoms with Gasteiger partial charge in [0.1, 0.15) is 0 Å². The molecule has 10 heteroatoms. The minimum atomic E-state index is -3.95. The molecule has 0 aliphatic rings. The van der Waals surface area contributed by atoms with Gasteiger partial charge in [-0.25, -0.2) is 8.42 Å². The van der Waals surface area contributed by atoms with E-state index < -0.39 is 15.9 Å². The Balaban J connectivity index is 1.83. The van der Waals surface area contributed by atoms with E-state index in [1.807, 2.05) is 6.07 Å². The number of pyridine rings is 1. The molecule has 0 aliphatic heterocycles. The fraction of sp³-hybridized carbons (Fsp3) is 0.143. The summed E-state index contributed by atoms with van der Waals surface area (Å²) in [6, 6.07) is 14.7. The molecule has 162 valence electrons. The Morgan fingerprint density at radius 2 is 1.77 bits per heavy atom. The first-order valence-electron chi connectivity index (χ1n) is 9.11. The van der Waals surface area contributed by atoms with Crippen molar-refractivity contribution in [2.45, 2.75) is 18.0 Å². The van der Waals surface area contributed by atoms with E-state index >= 15 is 0 Å². The molecule has 2 aromatic carbocycles. The van der Waals surface area contributed by atoms with Gasteiger partial charge in [0.2, 0.25) is 15.9 Å². The van der Waals surface area contributed by atoms with E-state index in [4.69, 9.17) is 23.2 Å². The summed E-state index contributed by atoms with van der Waals surface area (Å²) >= 11 is 15.3. The molecule has 0 spiro atoms. The molecular formula is C21H18BrCl2N3O3S. The Labute approximate surface area is 199 Å². The standard InChI is InChI=1S/C21H18BrCl2N3O3S/c22-17-4-6-18(7-5-17)31(29,30)27(13-15-3-8-19(23)20(24)10-15)14-21(28)26-12-16-2-1-9-25-11-16/h1-11H,12-14H2,(H,26,28). The van der Waals surface area contributed by atoms with E-state index in [2.05, 4.69) is 26.2 Å². The minimum Gasteiger partial charge on any atom is -0.351 e. The molecular weight excluding hydrogens is 525 g/mol. The maximum absolute atomic E-state index is 13.3. The van der Waals surface area contributed by atoms with Crippen LogP contribution in [0.1, 0.15) is 11.1 Å². The van der Waals surface area contributed by atoms with Gasteiger partial charge in [-0.15, -0.1) is 0 Å². The van der Waals surface area contributed by atoms with Gasteiger partial charge in [0, 0.05) is 30.0 Å². The molecule has 1 amide bonds. The third kappa shape index (κ3) is 6.51. The predicted molar refractivity (Wildman–Crippen MR) is 124 cm³/mol. The van der Waals surface area contributed by atoms with Gasteiger partial charge in [-0.05, 0) is 53.6 Å². The van der Waals surface area contributed by atoms with E-state index in [9.17, 15) is 13.2 Å². The highest BCUT2D eigenvalue weighted by Gasteiger charge is 2.27. The molecule has 0 bridgehead atoms. The van der Waals surface area contributed by atoms with Gasteiger partial charge in [0.15, 0.2) is 0 Å². The minimum absolute atomic E-state index is 0.0460. The Bertz CT molecular complexity index is 1160. The van der Waals surface area contributed by atoms with Crippen molar-refractivity contribution < 1.29 is 13.2 Å². The number of sulfonamides is 1. The monoisotopic (exact) mass is 541 g/mol. The second-order valence-corrected chi connectivity index (χ2v) is 10.3. The Morgan fingerprint density at radius 3 is 2.42 bits per heavy atom. The first-order chi connectivity index (χ1) is 14.8. The third-order valence-electron chi connectivity index (χ3n) is 4.33. The van der Waals surface area contributed by atoms with Crippen LogP contribution < -0.4 is 5.32 Å². The number of rotatable bonds is 8. The van der Waals surface area contributed by atoms with Crippen molar-refractivity contribution >= 4 is 55.1 Å². The zero-order valence-electron chi connectivity index (χ0n) is 16.1. The highest BCUT2D eigenvalue weighted by Crippen LogP contribution is 2.25. The Morgan fingerprint density at radius 1 is 1.03 bits per heavy atom. The highest BCUT2D eigenvalue weighted by molar-refractivity contribution is 9.10. The number of aromatic nitrogens is 1. The quantitative estimate of drug-likeness (QED) is 0.449. The van der Waals surface area contributed by atoms with Crippen LogP contribution in [0.4, 0.5) is 0 Å². The van der Waals surface area contributed by atoms with Crippen LogP contribution in [0.25, 0.3) is 0 Å². The molecule has 0 radical (unpaired) electrons. The van der Waals surface area contributed by atoms with Crippen LogP contribution in [-0.4, -0.2) is 30.2 Å². The number of nitrogens with zero attached hydrogens (tertiary/aromatic N) is 2. The van der Waals surface area contributed by atoms with Gasteiger partial charge in [0.05, 0.1) is 21.5 Å². The fourth-order valence-corrected chi connectivity index (χ4v) is 4.71. The van der Waals surface area contributed by atoms with Gasteiger partial charge < -0.3 is 5.32 Å². The molecule has 0 saturated carbocycles. The lowest BCUT2D eigenvalue weighted by atomic mass is 10.2. The number of benzene rings is 2. The van der Waals surface area contributed by atoms with Crippen LogP contribution in [-0.2, 0) is 27.9 Å². The second-order valence-electron chi connectivity index (χ2n) is 6.61. The fourth-order valence-electron chi connectivity index (χ4n) is 2.74. The maximum Gasteiger partial charge on any atom is 0.243 e. The SMILES string of the molecule is O=C(CN(Cc1ccc(Cl)c(Cl)c1)S(=O)(=O)c1ccc(Br)cc1)NCc1cccnc1. The average Bonchev–Trinajstić information content (AvgIpc) is 2.75. The molecule has 1 heterocycles. The smallest absolute Gasteiger partial charge is 0.243 e. The van der Waals surface area contributed by atoms with Gasteiger partial charge in [-0.2, -0.15) is 4.31 Å². The summed E-state index contributed by atoms with van der Waals surface area (Å²) < 4.78 is 28.4. The summed E-state index contributed by atoms with van der Waals surface area (Å²) in [6.45, 7) is -0.167. The lowest BCUT2D eigenvalue weighted by Gasteiger charge is -2.22. The van der Waals surface area contributed by atoms with Crippen molar-refractivity contribution in [1.82, 2.24) is 14.6 Å². The summed E-state index contributed by atoms with van der Waals surface area (Å²) in [4.78, 5) is 16.7. The lowest BCUT2D eigenvalue weighted by Crippen LogP contribution is -2.40. The Hall–Kier alpha value is -1.97. The zero-order chi connectivity index (χ0) is 22.4. The van der Waals surface area contributed by atoms with Crippen molar-refractivity contribution in [3.63, 3.8) is 0 Å². The normalized spacial score (nSPS) is 11.5. The molecule has 1 aromatic heterocycles. The predicted octanol–water partition coefficient (Wildman–Crippen LogP) is 4.66. The van der Waals surface area contributed by atoms with Crippen LogP contribution in [0.3, 0.4) is 0 Å². The van der Waals surface area contributed by atoms with Crippen molar-refractivity contribution in [3.8, 4) is 0 Å². The number of carbonyl (C=O) groups is 1. The molecule has 3 rings (SSSR count). The number of carbonyl (C=O) groups excluding carboxylic acids is 1. The van der Waals surface area contributed by atoms with Crippen LogP contribution in [0.2, 0.25) is 10.0 Å². The zero-order valence-corrected chi connectivity index (χ0v) is 20.0. The number of amides is 1. The van der Waals surface area contributed by atoms with E-state index in [0.29, 0.717) is 15.6 Å². The molecule has 0 unspecified atom stereocenters. The topological polar surface area (TPSA) is 79.4 Å². The van der Waals surface area contributed by atoms with Crippen LogP contribution >= 0.6 is 39.1 Å². The highest BCUT2D eigenvalue weighted by atomic mass is 79.9. The van der Waals surface area contributed by atoms with Crippen LogP contribution in [0.5, 0.6) is 0 Å². The first kappa shape index (κ1) is 23.7. The largest absolute Gasteiger partial charge is 0.351 e. The molecule has 3 aromatic rings. The van der Waals surface area contributed by atoms with Crippen LogP contribution in [0.15, 0.2) is 76.4 Å². The van der Waals surface area contributed by atoms with Gasteiger partial charge >= 0.3 is 0 Å². The molecule has 6 nitrogen and oxygen atoms in total. The van der Waals surface area contributed by atoms with E-state index in [-0.39, 0.29) is 24.5 Å². The molecule has 31 heavy (non-hydrogen) atoms. The van der Waals surface area contributed by atoms with Crippen LogP contribution in [0, 0.1) is 0 Å². The van der Waals surface area contributed by atoms with Gasteiger partial charge in [-0.3, -0.25) is 9.78 Å².